The quantitative estimate of drug-likeness (QED) is 0.425. The van der Waals surface area contributed by atoms with E-state index in [9.17, 15) is 23.1 Å². The molecule has 32 heavy (non-hydrogen) atoms. The number of hydrogen-bond donors (Lipinski definition) is 1. The van der Waals surface area contributed by atoms with Crippen molar-refractivity contribution in [3.8, 4) is 17.2 Å². The molecule has 7 heteroatoms. The van der Waals surface area contributed by atoms with Gasteiger partial charge in [0, 0.05) is 0 Å². The largest absolute Gasteiger partial charge is 0.573 e. The first-order chi connectivity index (χ1) is 15.1. The second-order valence-corrected chi connectivity index (χ2v) is 7.72. The predicted molar refractivity (Wildman–Crippen MR) is 114 cm³/mol. The minimum atomic E-state index is -4.93. The molecule has 1 unspecified atom stereocenters. The third kappa shape index (κ3) is 5.22. The Balaban J connectivity index is 2.14. The standard InChI is InChI=1S/C25H23F3O4/c1-17(2)24(23(29)30,16-18-9-5-3-6-10-18)19-13-14-21(32-25(26,27)28)22(15-19)31-20-11-7-4-8-12-20/h3-15,17H,16H2,1-2H3,(H,29,30). The Morgan fingerprint density at radius 2 is 1.50 bits per heavy atom. The van der Waals surface area contributed by atoms with Crippen LogP contribution in [-0.4, -0.2) is 17.4 Å². The fraction of sp³-hybridized carbons (Fsp3) is 0.240. The number of halogens is 3. The minimum absolute atomic E-state index is 0.158. The molecule has 3 aromatic carbocycles. The lowest BCUT2D eigenvalue weighted by molar-refractivity contribution is -0.275. The van der Waals surface area contributed by atoms with Crippen LogP contribution in [0.4, 0.5) is 13.2 Å². The van der Waals surface area contributed by atoms with Crippen molar-refractivity contribution in [3.05, 3.63) is 90.0 Å². The van der Waals surface area contributed by atoms with E-state index in [2.05, 4.69) is 4.74 Å². The SMILES string of the molecule is CC(C)C(Cc1ccccc1)(C(=O)O)c1ccc(OC(F)(F)F)c(Oc2ccccc2)c1. The zero-order valence-electron chi connectivity index (χ0n) is 17.6. The maximum absolute atomic E-state index is 13.0. The molecule has 168 valence electrons. The van der Waals surface area contributed by atoms with Gasteiger partial charge < -0.3 is 14.6 Å². The molecule has 0 saturated heterocycles. The van der Waals surface area contributed by atoms with Crippen molar-refractivity contribution in [1.82, 2.24) is 0 Å². The third-order valence-corrected chi connectivity index (χ3v) is 5.35. The smallest absolute Gasteiger partial charge is 0.481 e. The van der Waals surface area contributed by atoms with Gasteiger partial charge in [0.15, 0.2) is 11.5 Å². The van der Waals surface area contributed by atoms with E-state index in [1.54, 1.807) is 44.2 Å². The average Bonchev–Trinajstić information content (AvgIpc) is 2.73. The summed E-state index contributed by atoms with van der Waals surface area (Å²) in [7, 11) is 0. The van der Waals surface area contributed by atoms with Gasteiger partial charge in [0.2, 0.25) is 0 Å². The first kappa shape index (κ1) is 23.2. The first-order valence-electron chi connectivity index (χ1n) is 10.0. The van der Waals surface area contributed by atoms with Crippen LogP contribution >= 0.6 is 0 Å². The Labute approximate surface area is 184 Å². The summed E-state index contributed by atoms with van der Waals surface area (Å²) in [4.78, 5) is 12.6. The normalized spacial score (nSPS) is 13.4. The van der Waals surface area contributed by atoms with Crippen LogP contribution in [0.3, 0.4) is 0 Å². The lowest BCUT2D eigenvalue weighted by atomic mass is 9.68. The maximum Gasteiger partial charge on any atom is 0.573 e. The van der Waals surface area contributed by atoms with E-state index >= 15 is 0 Å². The van der Waals surface area contributed by atoms with Crippen molar-refractivity contribution >= 4 is 5.97 Å². The Hall–Kier alpha value is -3.48. The summed E-state index contributed by atoms with van der Waals surface area (Å²) in [6.45, 7) is 3.55. The number of carboxylic acids is 1. The van der Waals surface area contributed by atoms with Gasteiger partial charge in [0.25, 0.3) is 0 Å². The van der Waals surface area contributed by atoms with Gasteiger partial charge in [-0.25, -0.2) is 0 Å². The van der Waals surface area contributed by atoms with Crippen molar-refractivity contribution in [2.24, 2.45) is 5.92 Å². The fourth-order valence-corrected chi connectivity index (χ4v) is 3.69. The van der Waals surface area contributed by atoms with E-state index in [1.807, 2.05) is 30.3 Å². The summed E-state index contributed by atoms with van der Waals surface area (Å²) in [5.41, 5.74) is -0.276. The van der Waals surface area contributed by atoms with E-state index in [0.29, 0.717) is 11.3 Å². The highest BCUT2D eigenvalue weighted by atomic mass is 19.4. The van der Waals surface area contributed by atoms with Gasteiger partial charge in [-0.3, -0.25) is 4.79 Å². The van der Waals surface area contributed by atoms with Gasteiger partial charge in [-0.2, -0.15) is 0 Å². The summed E-state index contributed by atoms with van der Waals surface area (Å²) < 4.78 is 48.7. The molecule has 0 aliphatic heterocycles. The molecule has 0 saturated carbocycles. The highest BCUT2D eigenvalue weighted by molar-refractivity contribution is 5.82. The van der Waals surface area contributed by atoms with Crippen molar-refractivity contribution in [1.29, 1.82) is 0 Å². The fourth-order valence-electron chi connectivity index (χ4n) is 3.69. The van der Waals surface area contributed by atoms with Gasteiger partial charge in [-0.15, -0.1) is 13.2 Å². The topological polar surface area (TPSA) is 55.8 Å². The van der Waals surface area contributed by atoms with Crippen LogP contribution in [0, 0.1) is 5.92 Å². The van der Waals surface area contributed by atoms with Gasteiger partial charge in [0.05, 0.1) is 5.41 Å². The predicted octanol–water partition coefficient (Wildman–Crippen LogP) is 6.60. The number of carbonyl (C=O) groups is 1. The van der Waals surface area contributed by atoms with E-state index < -0.39 is 23.5 Å². The Bertz CT molecular complexity index is 1050. The number of carboxylic acid groups (broad SMARTS) is 1. The molecule has 1 atom stereocenters. The Kier molecular flexibility index (Phi) is 6.77. The lowest BCUT2D eigenvalue weighted by Crippen LogP contribution is -2.43. The maximum atomic E-state index is 13.0. The first-order valence-corrected chi connectivity index (χ1v) is 10.0. The van der Waals surface area contributed by atoms with E-state index in [1.165, 1.54) is 12.1 Å². The van der Waals surface area contributed by atoms with Crippen LogP contribution in [-0.2, 0) is 16.6 Å². The molecule has 0 radical (unpaired) electrons. The van der Waals surface area contributed by atoms with E-state index in [-0.39, 0.29) is 18.1 Å². The van der Waals surface area contributed by atoms with Crippen LogP contribution in [0.2, 0.25) is 0 Å². The molecule has 1 N–H and O–H groups in total. The number of benzene rings is 3. The van der Waals surface area contributed by atoms with Gasteiger partial charge >= 0.3 is 12.3 Å². The molecule has 0 aliphatic rings. The van der Waals surface area contributed by atoms with Crippen LogP contribution in [0.5, 0.6) is 17.2 Å². The number of rotatable bonds is 8. The summed E-state index contributed by atoms with van der Waals surface area (Å²) in [6, 6.07) is 21.1. The van der Waals surface area contributed by atoms with Crippen molar-refractivity contribution < 1.29 is 32.5 Å². The zero-order valence-corrected chi connectivity index (χ0v) is 17.6. The van der Waals surface area contributed by atoms with Gasteiger partial charge in [0.1, 0.15) is 5.75 Å². The summed E-state index contributed by atoms with van der Waals surface area (Å²) in [5.74, 6) is -1.92. The summed E-state index contributed by atoms with van der Waals surface area (Å²) in [5, 5.41) is 10.3. The molecular weight excluding hydrogens is 421 g/mol. The van der Waals surface area contributed by atoms with Crippen molar-refractivity contribution in [3.63, 3.8) is 0 Å². The lowest BCUT2D eigenvalue weighted by Gasteiger charge is -2.34. The number of ether oxygens (including phenoxy) is 2. The van der Waals surface area contributed by atoms with E-state index in [0.717, 1.165) is 11.6 Å². The van der Waals surface area contributed by atoms with E-state index in [4.69, 9.17) is 4.74 Å². The molecule has 0 fully saturated rings. The highest BCUT2D eigenvalue weighted by Gasteiger charge is 2.44. The van der Waals surface area contributed by atoms with Crippen molar-refractivity contribution in [2.75, 3.05) is 0 Å². The third-order valence-electron chi connectivity index (χ3n) is 5.35. The van der Waals surface area contributed by atoms with Crippen LogP contribution in [0.1, 0.15) is 25.0 Å². The molecule has 0 bridgehead atoms. The minimum Gasteiger partial charge on any atom is -0.481 e. The molecule has 0 aliphatic carbocycles. The van der Waals surface area contributed by atoms with Crippen LogP contribution in [0.15, 0.2) is 78.9 Å². The Morgan fingerprint density at radius 3 is 2.03 bits per heavy atom. The molecule has 3 aromatic rings. The highest BCUT2D eigenvalue weighted by Crippen LogP contribution is 2.43. The second-order valence-electron chi connectivity index (χ2n) is 7.72. The second kappa shape index (κ2) is 9.34. The van der Waals surface area contributed by atoms with Gasteiger partial charge in [-0.1, -0.05) is 68.4 Å². The molecule has 0 aromatic heterocycles. The molecule has 0 heterocycles. The molecular formula is C25H23F3O4. The summed E-state index contributed by atoms with van der Waals surface area (Å²) >= 11 is 0. The molecule has 4 nitrogen and oxygen atoms in total. The monoisotopic (exact) mass is 444 g/mol. The molecule has 3 rings (SSSR count). The van der Waals surface area contributed by atoms with Crippen molar-refractivity contribution in [2.45, 2.75) is 32.0 Å². The number of alkyl halides is 3. The number of hydrogen-bond acceptors (Lipinski definition) is 3. The summed E-state index contributed by atoms with van der Waals surface area (Å²) in [6.07, 6.45) is -4.77. The van der Waals surface area contributed by atoms with Gasteiger partial charge in [-0.05, 0) is 47.7 Å². The molecule has 0 amide bonds. The number of para-hydroxylation sites is 1. The van der Waals surface area contributed by atoms with Crippen LogP contribution in [0.25, 0.3) is 0 Å². The average molecular weight is 444 g/mol. The Morgan fingerprint density at radius 1 is 0.906 bits per heavy atom. The number of aliphatic carboxylic acids is 1. The zero-order chi connectivity index (χ0) is 23.4. The van der Waals surface area contributed by atoms with Crippen LogP contribution < -0.4 is 9.47 Å². The molecule has 0 spiro atoms.